The molecule has 3 saturated heterocycles. The van der Waals surface area contributed by atoms with Gasteiger partial charge in [-0.2, -0.15) is 0 Å². The minimum Gasteiger partial charge on any atom is -0.432 e. The van der Waals surface area contributed by atoms with Gasteiger partial charge in [0, 0.05) is 0 Å². The Kier molecular flexibility index (Phi) is 11.9. The monoisotopic (exact) mass is 804 g/mol. The number of ether oxygens (including phenoxy) is 6. The van der Waals surface area contributed by atoms with Crippen LogP contribution in [0.1, 0.15) is 71.6 Å². The molecule has 7 rings (SSSR count). The molecule has 56 heavy (non-hydrogen) atoms. The van der Waals surface area contributed by atoms with Gasteiger partial charge in [0.25, 0.3) is 0 Å². The zero-order chi connectivity index (χ0) is 40.7. The molecule has 2 bridgehead atoms. The van der Waals surface area contributed by atoms with Gasteiger partial charge in [-0.3, -0.25) is 4.79 Å². The van der Waals surface area contributed by atoms with Gasteiger partial charge < -0.3 is 84.6 Å². The summed E-state index contributed by atoms with van der Waals surface area (Å²) in [5, 5.41) is 114. The van der Waals surface area contributed by atoms with Crippen LogP contribution in [-0.2, 0) is 33.2 Å². The number of fused-ring (bicyclic) bond motifs is 3. The normalized spacial score (nSPS) is 54.6. The molecule has 7 aliphatic rings. The van der Waals surface area contributed by atoms with Crippen LogP contribution in [0.2, 0.25) is 0 Å². The van der Waals surface area contributed by atoms with E-state index in [0.29, 0.717) is 44.9 Å². The molecular weight excluding hydrogens is 744 g/mol. The summed E-state index contributed by atoms with van der Waals surface area (Å²) in [6.45, 7) is 6.52. The lowest BCUT2D eigenvalue weighted by molar-refractivity contribution is -0.378. The molecule has 0 aromatic rings. The lowest BCUT2D eigenvalue weighted by Crippen LogP contribution is -2.65. The number of hydrogen-bond donors (Lipinski definition) is 11. The molecule has 0 unspecified atom stereocenters. The highest BCUT2D eigenvalue weighted by molar-refractivity contribution is 5.77. The van der Waals surface area contributed by atoms with Crippen molar-refractivity contribution in [1.29, 1.82) is 0 Å². The molecule has 0 radical (unpaired) electrons. The molecule has 18 heteroatoms. The van der Waals surface area contributed by atoms with Crippen LogP contribution in [0.15, 0.2) is 12.2 Å². The Labute approximate surface area is 324 Å². The molecule has 7 fully saturated rings. The Hall–Kier alpha value is -1.43. The Morgan fingerprint density at radius 1 is 0.679 bits per heavy atom. The van der Waals surface area contributed by atoms with Crippen molar-refractivity contribution in [2.24, 2.45) is 28.1 Å². The summed E-state index contributed by atoms with van der Waals surface area (Å²) in [4.78, 5) is 14.1. The standard InChI is InChI=1S/C38H60O18/c1-16-11-37-9-5-20-35(2,7-4-8-36(20,3)34(50)55-32-29(49)26(46)23(43)18(13-40)52-32)21(37)6-10-38(16,15-37)56-33-30(27(47)24(44)19(14-41)53-33)54-31-28(48)25(45)22(42)17(12-39)51-31/h17-33,39-49H,1,4-15H2,2-3H3/t17-,18+,19+,20+,21-,22-,23+,24+,25+,26-,27-,28-,29+,30+,31+,32-,33-,35+,36+,37+,38-/m0/s1. The number of hydrogen-bond acceptors (Lipinski definition) is 18. The molecule has 4 saturated carbocycles. The molecule has 4 aliphatic carbocycles. The van der Waals surface area contributed by atoms with Crippen LogP contribution in [0.5, 0.6) is 0 Å². The van der Waals surface area contributed by atoms with Crippen molar-refractivity contribution in [3.63, 3.8) is 0 Å². The van der Waals surface area contributed by atoms with Gasteiger partial charge in [0.1, 0.15) is 73.2 Å². The quantitative estimate of drug-likeness (QED) is 0.0631. The number of aliphatic hydroxyl groups excluding tert-OH is 11. The third kappa shape index (κ3) is 6.69. The summed E-state index contributed by atoms with van der Waals surface area (Å²) in [6.07, 6.45) is -17.8. The molecule has 0 aromatic heterocycles. The summed E-state index contributed by atoms with van der Waals surface area (Å²) in [5.74, 6) is -0.591. The van der Waals surface area contributed by atoms with Crippen LogP contribution in [0.4, 0.5) is 0 Å². The van der Waals surface area contributed by atoms with Crippen molar-refractivity contribution in [2.45, 2.75) is 169 Å². The Balaban J connectivity index is 1.10. The van der Waals surface area contributed by atoms with E-state index in [9.17, 15) is 61.0 Å². The fourth-order valence-electron chi connectivity index (χ4n) is 12.0. The molecule has 18 nitrogen and oxygen atoms in total. The maximum Gasteiger partial charge on any atom is 0.314 e. The molecule has 3 aliphatic heterocycles. The highest BCUT2D eigenvalue weighted by atomic mass is 16.8. The Bertz CT molecular complexity index is 1450. The van der Waals surface area contributed by atoms with E-state index in [1.54, 1.807) is 0 Å². The average molecular weight is 805 g/mol. The highest BCUT2D eigenvalue weighted by Crippen LogP contribution is 2.73. The van der Waals surface area contributed by atoms with E-state index in [2.05, 4.69) is 13.5 Å². The van der Waals surface area contributed by atoms with Crippen molar-refractivity contribution in [3.05, 3.63) is 12.2 Å². The van der Waals surface area contributed by atoms with Crippen LogP contribution in [0.3, 0.4) is 0 Å². The van der Waals surface area contributed by atoms with E-state index in [1.165, 1.54) is 0 Å². The zero-order valence-electron chi connectivity index (χ0n) is 31.8. The van der Waals surface area contributed by atoms with Gasteiger partial charge in [0.2, 0.25) is 6.29 Å². The maximum atomic E-state index is 14.1. The van der Waals surface area contributed by atoms with E-state index in [-0.39, 0.29) is 22.7 Å². The van der Waals surface area contributed by atoms with E-state index >= 15 is 0 Å². The van der Waals surface area contributed by atoms with Crippen LogP contribution >= 0.6 is 0 Å². The largest absolute Gasteiger partial charge is 0.432 e. The molecule has 0 aromatic carbocycles. The van der Waals surface area contributed by atoms with Crippen molar-refractivity contribution >= 4 is 5.97 Å². The smallest absolute Gasteiger partial charge is 0.314 e. The minimum absolute atomic E-state index is 0.121. The van der Waals surface area contributed by atoms with E-state index in [1.807, 2.05) is 6.92 Å². The molecule has 1 spiro atoms. The highest BCUT2D eigenvalue weighted by Gasteiger charge is 2.69. The predicted octanol–water partition coefficient (Wildman–Crippen LogP) is -2.94. The van der Waals surface area contributed by atoms with Gasteiger partial charge in [-0.1, -0.05) is 19.9 Å². The zero-order valence-corrected chi connectivity index (χ0v) is 31.8. The second-order valence-corrected chi connectivity index (χ2v) is 18.0. The Morgan fingerprint density at radius 2 is 1.21 bits per heavy atom. The number of carbonyl (C=O) groups excluding carboxylic acids is 1. The first-order valence-electron chi connectivity index (χ1n) is 19.9. The van der Waals surface area contributed by atoms with Crippen LogP contribution in [0.25, 0.3) is 0 Å². The van der Waals surface area contributed by atoms with E-state index in [0.717, 1.165) is 18.4 Å². The van der Waals surface area contributed by atoms with Crippen molar-refractivity contribution in [2.75, 3.05) is 19.8 Å². The number of aliphatic hydroxyl groups is 11. The summed E-state index contributed by atoms with van der Waals surface area (Å²) < 4.78 is 35.6. The van der Waals surface area contributed by atoms with Gasteiger partial charge in [-0.05, 0) is 86.5 Å². The van der Waals surface area contributed by atoms with E-state index < -0.39 is 129 Å². The second-order valence-electron chi connectivity index (χ2n) is 18.0. The predicted molar refractivity (Wildman–Crippen MR) is 186 cm³/mol. The fourth-order valence-corrected chi connectivity index (χ4v) is 12.0. The fraction of sp³-hybridized carbons (Fsp3) is 0.921. The molecule has 21 atom stereocenters. The molecule has 3 heterocycles. The number of esters is 1. The molecule has 11 N–H and O–H groups in total. The SMILES string of the molecule is C=C1C[C@@]23CC[C@@H]4[C@@](C)(CCC[C@@]4(C)C(=O)O[C@@H]4O[C@H](CO)[C@@H](O)[C@H](O)[C@H]4O)[C@@H]2CC[C@]1(O[C@@H]1O[C@H](CO)[C@@H](O)[C@H](O)[C@H]1O[C@H]1O[C@@H](CO)[C@H](O)[C@@H](O)[C@@H]1O)C3. The third-order valence-corrected chi connectivity index (χ3v) is 15.0. The molecule has 320 valence electrons. The number of rotatable bonds is 9. The van der Waals surface area contributed by atoms with Gasteiger partial charge in [0.15, 0.2) is 12.6 Å². The van der Waals surface area contributed by atoms with Crippen LogP contribution in [-0.4, -0.2) is 180 Å². The first-order chi connectivity index (χ1) is 26.4. The van der Waals surface area contributed by atoms with Gasteiger partial charge in [-0.15, -0.1) is 0 Å². The lowest BCUT2D eigenvalue weighted by Gasteiger charge is -2.64. The number of carbonyl (C=O) groups is 1. The van der Waals surface area contributed by atoms with Gasteiger partial charge in [0.05, 0.1) is 30.8 Å². The molecule has 0 amide bonds. The van der Waals surface area contributed by atoms with Crippen molar-refractivity contribution in [3.8, 4) is 0 Å². The maximum absolute atomic E-state index is 14.1. The summed E-state index contributed by atoms with van der Waals surface area (Å²) in [6, 6.07) is 0. The third-order valence-electron chi connectivity index (χ3n) is 15.0. The van der Waals surface area contributed by atoms with E-state index in [4.69, 9.17) is 28.4 Å². The second kappa shape index (κ2) is 15.6. The van der Waals surface area contributed by atoms with Crippen LogP contribution in [0, 0.1) is 28.1 Å². The van der Waals surface area contributed by atoms with Gasteiger partial charge in [-0.25, -0.2) is 0 Å². The summed E-state index contributed by atoms with van der Waals surface area (Å²) in [7, 11) is 0. The topological polar surface area (TPSA) is 295 Å². The summed E-state index contributed by atoms with van der Waals surface area (Å²) >= 11 is 0. The first-order valence-corrected chi connectivity index (χ1v) is 19.9. The lowest BCUT2D eigenvalue weighted by atomic mass is 9.41. The average Bonchev–Trinajstić information content (AvgIpc) is 3.37. The van der Waals surface area contributed by atoms with Crippen LogP contribution < -0.4 is 0 Å². The first kappa shape index (κ1) is 42.7. The van der Waals surface area contributed by atoms with Crippen molar-refractivity contribution in [1.82, 2.24) is 0 Å². The Morgan fingerprint density at radius 3 is 1.82 bits per heavy atom. The minimum atomic E-state index is -1.81. The molecular formula is C38H60O18. The van der Waals surface area contributed by atoms with Crippen molar-refractivity contribution < 1.29 is 89.4 Å². The summed E-state index contributed by atoms with van der Waals surface area (Å²) in [5.41, 5.74) is -1.80. The van der Waals surface area contributed by atoms with Gasteiger partial charge >= 0.3 is 5.97 Å².